The number of rotatable bonds is 6. The van der Waals surface area contributed by atoms with E-state index in [-0.39, 0.29) is 18.4 Å². The molecule has 0 bridgehead atoms. The first-order chi connectivity index (χ1) is 14.6. The molecule has 1 fully saturated rings. The Hall–Kier alpha value is -3.06. The molecule has 4 rings (SSSR count). The summed E-state index contributed by atoms with van der Waals surface area (Å²) in [6.07, 6.45) is 1.91. The van der Waals surface area contributed by atoms with Gasteiger partial charge in [-0.15, -0.1) is 0 Å². The van der Waals surface area contributed by atoms with Crippen LogP contribution in [0, 0.1) is 0 Å². The lowest BCUT2D eigenvalue weighted by atomic mass is 10.1. The van der Waals surface area contributed by atoms with Gasteiger partial charge in [-0.05, 0) is 42.7 Å². The third-order valence-corrected chi connectivity index (χ3v) is 5.55. The topological polar surface area (TPSA) is 77.7 Å². The molecule has 156 valence electrons. The van der Waals surface area contributed by atoms with Crippen LogP contribution in [0.5, 0.6) is 11.5 Å². The number of amides is 1. The van der Waals surface area contributed by atoms with Crippen LogP contribution in [0.3, 0.4) is 0 Å². The van der Waals surface area contributed by atoms with Gasteiger partial charge in [-0.1, -0.05) is 35.0 Å². The van der Waals surface area contributed by atoms with E-state index in [2.05, 4.69) is 10.1 Å². The van der Waals surface area contributed by atoms with E-state index in [1.165, 1.54) is 0 Å². The smallest absolute Gasteiger partial charge is 0.249 e. The lowest BCUT2D eigenvalue weighted by Crippen LogP contribution is -2.32. The predicted octanol–water partition coefficient (Wildman–Crippen LogP) is 4.31. The van der Waals surface area contributed by atoms with E-state index in [1.807, 2.05) is 30.3 Å². The Bertz CT molecular complexity index is 1050. The van der Waals surface area contributed by atoms with Crippen LogP contribution in [-0.4, -0.2) is 41.7 Å². The molecule has 2 heterocycles. The van der Waals surface area contributed by atoms with Gasteiger partial charge in [-0.3, -0.25) is 4.79 Å². The number of carbonyl (C=O) groups excluding carboxylic acids is 1. The van der Waals surface area contributed by atoms with Crippen molar-refractivity contribution in [2.45, 2.75) is 25.3 Å². The highest BCUT2D eigenvalue weighted by Gasteiger charge is 2.34. The van der Waals surface area contributed by atoms with Gasteiger partial charge in [-0.25, -0.2) is 0 Å². The fourth-order valence-electron chi connectivity index (χ4n) is 3.71. The van der Waals surface area contributed by atoms with Crippen molar-refractivity contribution in [1.29, 1.82) is 0 Å². The second-order valence-corrected chi connectivity index (χ2v) is 7.45. The van der Waals surface area contributed by atoms with Crippen LogP contribution in [0.25, 0.3) is 11.4 Å². The maximum Gasteiger partial charge on any atom is 0.249 e. The number of methoxy groups -OCH3 is 2. The van der Waals surface area contributed by atoms with E-state index >= 15 is 0 Å². The van der Waals surface area contributed by atoms with Gasteiger partial charge in [0.1, 0.15) is 6.04 Å². The maximum absolute atomic E-state index is 13.0. The molecule has 0 aliphatic carbocycles. The van der Waals surface area contributed by atoms with Crippen molar-refractivity contribution in [2.75, 3.05) is 20.8 Å². The van der Waals surface area contributed by atoms with Gasteiger partial charge < -0.3 is 18.9 Å². The Morgan fingerprint density at radius 1 is 1.20 bits per heavy atom. The molecule has 1 atom stereocenters. The van der Waals surface area contributed by atoms with E-state index < -0.39 is 0 Å². The summed E-state index contributed by atoms with van der Waals surface area (Å²) in [5.74, 6) is 2.09. The van der Waals surface area contributed by atoms with E-state index in [0.717, 1.165) is 18.4 Å². The van der Waals surface area contributed by atoms with Gasteiger partial charge in [0.2, 0.25) is 17.6 Å². The van der Waals surface area contributed by atoms with Crippen LogP contribution in [0.2, 0.25) is 5.02 Å². The summed E-state index contributed by atoms with van der Waals surface area (Å²) in [5.41, 5.74) is 1.56. The van der Waals surface area contributed by atoms with Gasteiger partial charge in [-0.2, -0.15) is 4.98 Å². The first kappa shape index (κ1) is 20.2. The monoisotopic (exact) mass is 427 g/mol. The van der Waals surface area contributed by atoms with Crippen molar-refractivity contribution in [3.63, 3.8) is 0 Å². The molecular weight excluding hydrogens is 406 g/mol. The second kappa shape index (κ2) is 8.75. The van der Waals surface area contributed by atoms with Crippen LogP contribution in [0.1, 0.15) is 30.3 Å². The molecule has 3 aromatic rings. The molecule has 0 spiro atoms. The zero-order valence-corrected chi connectivity index (χ0v) is 17.6. The summed E-state index contributed by atoms with van der Waals surface area (Å²) >= 11 is 6.24. The largest absolute Gasteiger partial charge is 0.493 e. The molecule has 0 N–H and O–H groups in total. The number of halogens is 1. The molecule has 1 saturated heterocycles. The Balaban J connectivity index is 1.51. The fourth-order valence-corrected chi connectivity index (χ4v) is 3.93. The summed E-state index contributed by atoms with van der Waals surface area (Å²) in [7, 11) is 3.16. The van der Waals surface area contributed by atoms with Gasteiger partial charge in [0.25, 0.3) is 0 Å². The number of hydrogen-bond donors (Lipinski definition) is 0. The lowest BCUT2D eigenvalue weighted by Gasteiger charge is -2.22. The minimum Gasteiger partial charge on any atom is -0.493 e. The minimum atomic E-state index is -0.235. The Kier molecular flexibility index (Phi) is 5.90. The van der Waals surface area contributed by atoms with Crippen molar-refractivity contribution in [3.8, 4) is 22.9 Å². The number of aromatic nitrogens is 2. The van der Waals surface area contributed by atoms with Crippen LogP contribution in [0.15, 0.2) is 47.0 Å². The zero-order chi connectivity index (χ0) is 21.1. The van der Waals surface area contributed by atoms with Gasteiger partial charge in [0.05, 0.1) is 25.7 Å². The van der Waals surface area contributed by atoms with E-state index in [9.17, 15) is 4.79 Å². The standard InChI is InChI=1S/C22H22ClN3O4/c1-28-18-10-9-14(12-19(18)29-2)13-20(27)26-11-5-8-17(26)22-24-21(25-30-22)15-6-3-4-7-16(15)23/h3-4,6-7,9-10,12,17H,5,8,11,13H2,1-2H3/t17-/m1/s1. The second-order valence-electron chi connectivity index (χ2n) is 7.05. The van der Waals surface area contributed by atoms with E-state index in [1.54, 1.807) is 31.3 Å². The van der Waals surface area contributed by atoms with Gasteiger partial charge >= 0.3 is 0 Å². The molecule has 1 aromatic heterocycles. The van der Waals surface area contributed by atoms with Crippen molar-refractivity contribution in [3.05, 3.63) is 58.9 Å². The number of likely N-dealkylation sites (tertiary alicyclic amines) is 1. The number of carbonyl (C=O) groups is 1. The maximum atomic E-state index is 13.0. The Labute approximate surface area is 179 Å². The van der Waals surface area contributed by atoms with Gasteiger partial charge in [0.15, 0.2) is 11.5 Å². The number of ether oxygens (including phenoxy) is 2. The summed E-state index contributed by atoms with van der Waals surface area (Å²) in [4.78, 5) is 19.4. The number of benzene rings is 2. The van der Waals surface area contributed by atoms with Crippen molar-refractivity contribution in [1.82, 2.24) is 15.0 Å². The molecule has 1 amide bonds. The van der Waals surface area contributed by atoms with Crippen LogP contribution < -0.4 is 9.47 Å². The number of hydrogen-bond acceptors (Lipinski definition) is 6. The summed E-state index contributed by atoms with van der Waals surface area (Å²) in [6.45, 7) is 0.653. The van der Waals surface area contributed by atoms with Crippen molar-refractivity contribution in [2.24, 2.45) is 0 Å². The molecule has 1 aliphatic heterocycles. The number of nitrogens with zero attached hydrogens (tertiary/aromatic N) is 3. The molecule has 7 nitrogen and oxygen atoms in total. The lowest BCUT2D eigenvalue weighted by molar-refractivity contribution is -0.131. The molecule has 0 radical (unpaired) electrons. The SMILES string of the molecule is COc1ccc(CC(=O)N2CCC[C@@H]2c2nc(-c3ccccc3Cl)no2)cc1OC. The zero-order valence-electron chi connectivity index (χ0n) is 16.8. The molecule has 1 aliphatic rings. The molecule has 8 heteroatoms. The first-order valence-electron chi connectivity index (χ1n) is 9.69. The highest BCUT2D eigenvalue weighted by Crippen LogP contribution is 2.34. The molecule has 2 aromatic carbocycles. The van der Waals surface area contributed by atoms with E-state index in [0.29, 0.717) is 40.3 Å². The molecule has 0 unspecified atom stereocenters. The average Bonchev–Trinajstić information content (AvgIpc) is 3.43. The highest BCUT2D eigenvalue weighted by atomic mass is 35.5. The van der Waals surface area contributed by atoms with Gasteiger partial charge in [0, 0.05) is 12.1 Å². The average molecular weight is 428 g/mol. The predicted molar refractivity (Wildman–Crippen MR) is 112 cm³/mol. The van der Waals surface area contributed by atoms with Crippen molar-refractivity contribution >= 4 is 17.5 Å². The normalized spacial score (nSPS) is 16.0. The summed E-state index contributed by atoms with van der Waals surface area (Å²) in [6, 6.07) is 12.6. The van der Waals surface area contributed by atoms with Crippen LogP contribution in [-0.2, 0) is 11.2 Å². The van der Waals surface area contributed by atoms with Crippen molar-refractivity contribution < 1.29 is 18.8 Å². The third kappa shape index (κ3) is 3.98. The van der Waals surface area contributed by atoms with E-state index in [4.69, 9.17) is 25.6 Å². The first-order valence-corrected chi connectivity index (χ1v) is 10.1. The quantitative estimate of drug-likeness (QED) is 0.583. The molecule has 30 heavy (non-hydrogen) atoms. The van der Waals surface area contributed by atoms with Crippen LogP contribution >= 0.6 is 11.6 Å². The van der Waals surface area contributed by atoms with Crippen LogP contribution in [0.4, 0.5) is 0 Å². The Morgan fingerprint density at radius 3 is 2.77 bits per heavy atom. The molecular formula is C22H22ClN3O4. The summed E-state index contributed by atoms with van der Waals surface area (Å²) in [5, 5.41) is 4.63. The fraction of sp³-hybridized carbons (Fsp3) is 0.318. The Morgan fingerprint density at radius 2 is 2.00 bits per heavy atom. The third-order valence-electron chi connectivity index (χ3n) is 5.22. The minimum absolute atomic E-state index is 0.00205. The highest BCUT2D eigenvalue weighted by molar-refractivity contribution is 6.33. The molecule has 0 saturated carbocycles. The summed E-state index contributed by atoms with van der Waals surface area (Å²) < 4.78 is 16.1.